The van der Waals surface area contributed by atoms with Gasteiger partial charge in [0, 0.05) is 16.8 Å². The number of allylic oxidation sites excluding steroid dienone is 1. The summed E-state index contributed by atoms with van der Waals surface area (Å²) in [6.45, 7) is 0. The number of thiophene rings is 1. The van der Waals surface area contributed by atoms with Crippen molar-refractivity contribution in [1.29, 1.82) is 0 Å². The molecule has 4 nitrogen and oxygen atoms in total. The summed E-state index contributed by atoms with van der Waals surface area (Å²) in [6.07, 6.45) is 3.05. The zero-order valence-electron chi connectivity index (χ0n) is 15.7. The molecule has 0 saturated carbocycles. The molecular weight excluding hydrogens is 418 g/mol. The largest absolute Gasteiger partial charge is 0.457 e. The fourth-order valence-corrected chi connectivity index (χ4v) is 3.70. The molecule has 0 aliphatic rings. The smallest absolute Gasteiger partial charge is 0.265 e. The number of rotatable bonds is 6. The van der Waals surface area contributed by atoms with Gasteiger partial charge in [-0.15, -0.1) is 11.3 Å². The zero-order valence-corrected chi connectivity index (χ0v) is 17.2. The summed E-state index contributed by atoms with van der Waals surface area (Å²) in [5.41, 5.74) is 1.82. The molecule has 0 fully saturated rings. The summed E-state index contributed by atoms with van der Waals surface area (Å²) in [6, 6.07) is 21.4. The molecule has 0 bridgehead atoms. The van der Waals surface area contributed by atoms with Gasteiger partial charge in [0.05, 0.1) is 9.90 Å². The molecule has 0 atom stereocenters. The van der Waals surface area contributed by atoms with Gasteiger partial charge in [0.25, 0.3) is 5.91 Å². The van der Waals surface area contributed by atoms with Crippen molar-refractivity contribution in [2.24, 2.45) is 0 Å². The molecule has 1 N–H and O–H groups in total. The third-order valence-electron chi connectivity index (χ3n) is 4.31. The van der Waals surface area contributed by atoms with Gasteiger partial charge in [0.1, 0.15) is 11.5 Å². The van der Waals surface area contributed by atoms with E-state index in [4.69, 9.17) is 16.0 Å². The van der Waals surface area contributed by atoms with E-state index in [0.29, 0.717) is 32.7 Å². The molecule has 6 heteroatoms. The number of hydrogen-bond donors (Lipinski definition) is 1. The van der Waals surface area contributed by atoms with Crippen molar-refractivity contribution < 1.29 is 14.0 Å². The Bertz CT molecular complexity index is 1220. The summed E-state index contributed by atoms with van der Waals surface area (Å²) in [4.78, 5) is 25.4. The van der Waals surface area contributed by atoms with Gasteiger partial charge >= 0.3 is 0 Å². The lowest BCUT2D eigenvalue weighted by molar-refractivity contribution is 0.102. The number of hydrogen-bond acceptors (Lipinski definition) is 4. The third kappa shape index (κ3) is 4.59. The molecule has 1 amide bonds. The van der Waals surface area contributed by atoms with Crippen LogP contribution in [0.15, 0.2) is 88.7 Å². The summed E-state index contributed by atoms with van der Waals surface area (Å²) in [7, 11) is 0. The van der Waals surface area contributed by atoms with Gasteiger partial charge in [-0.2, -0.15) is 0 Å². The molecule has 4 aromatic rings. The first kappa shape index (κ1) is 19.9. The summed E-state index contributed by atoms with van der Waals surface area (Å²) in [5, 5.41) is 5.24. The Hall–Kier alpha value is -3.41. The minimum absolute atomic E-state index is 0.196. The molecular formula is C24H16ClNO3S. The Labute approximate surface area is 182 Å². The molecule has 0 saturated heterocycles. The fourth-order valence-electron chi connectivity index (χ4n) is 2.85. The zero-order chi connectivity index (χ0) is 20.9. The molecule has 148 valence electrons. The lowest BCUT2D eigenvalue weighted by Crippen LogP contribution is -2.10. The Morgan fingerprint density at radius 3 is 2.63 bits per heavy atom. The molecule has 4 rings (SSSR count). The van der Waals surface area contributed by atoms with E-state index in [1.807, 2.05) is 35.7 Å². The van der Waals surface area contributed by atoms with E-state index in [2.05, 4.69) is 5.32 Å². The minimum atomic E-state index is -0.201. The van der Waals surface area contributed by atoms with E-state index < -0.39 is 0 Å². The Morgan fingerprint density at radius 1 is 0.967 bits per heavy atom. The molecule has 0 spiro atoms. The van der Waals surface area contributed by atoms with Crippen LogP contribution < -0.4 is 5.32 Å². The SMILES string of the molecule is O=C(/C=C/c1ccc(-c2ccccc2Cl)o1)c1cccc(NC(=O)c2cccs2)c1. The van der Waals surface area contributed by atoms with E-state index in [1.165, 1.54) is 17.4 Å². The predicted molar refractivity (Wildman–Crippen MR) is 121 cm³/mol. The van der Waals surface area contributed by atoms with Gasteiger partial charge in [0.2, 0.25) is 0 Å². The second-order valence-electron chi connectivity index (χ2n) is 6.39. The van der Waals surface area contributed by atoms with Gasteiger partial charge in [-0.1, -0.05) is 41.9 Å². The summed E-state index contributed by atoms with van der Waals surface area (Å²) >= 11 is 7.56. The number of ketones is 1. The molecule has 2 aromatic carbocycles. The molecule has 0 unspecified atom stereocenters. The van der Waals surface area contributed by atoms with Crippen molar-refractivity contribution in [3.8, 4) is 11.3 Å². The monoisotopic (exact) mass is 433 g/mol. The second-order valence-corrected chi connectivity index (χ2v) is 7.75. The van der Waals surface area contributed by atoms with Crippen LogP contribution in [0, 0.1) is 0 Å². The van der Waals surface area contributed by atoms with Crippen LogP contribution >= 0.6 is 22.9 Å². The lowest BCUT2D eigenvalue weighted by atomic mass is 10.1. The number of carbonyl (C=O) groups excluding carboxylic acids is 2. The Kier molecular flexibility index (Phi) is 5.93. The fraction of sp³-hybridized carbons (Fsp3) is 0. The van der Waals surface area contributed by atoms with Crippen LogP contribution in [-0.2, 0) is 0 Å². The average Bonchev–Trinajstić information content (AvgIpc) is 3.45. The quantitative estimate of drug-likeness (QED) is 0.268. The van der Waals surface area contributed by atoms with E-state index in [-0.39, 0.29) is 11.7 Å². The number of carbonyl (C=O) groups is 2. The van der Waals surface area contributed by atoms with Gasteiger partial charge in [-0.3, -0.25) is 9.59 Å². The van der Waals surface area contributed by atoms with E-state index >= 15 is 0 Å². The van der Waals surface area contributed by atoms with Crippen molar-refractivity contribution in [3.05, 3.63) is 105 Å². The van der Waals surface area contributed by atoms with Crippen LogP contribution in [0.1, 0.15) is 25.8 Å². The molecule has 0 aliphatic heterocycles. The summed E-state index contributed by atoms with van der Waals surface area (Å²) in [5.74, 6) is 0.775. The normalized spacial score (nSPS) is 11.0. The van der Waals surface area contributed by atoms with Crippen molar-refractivity contribution in [2.45, 2.75) is 0 Å². The highest BCUT2D eigenvalue weighted by Gasteiger charge is 2.10. The highest BCUT2D eigenvalue weighted by atomic mass is 35.5. The van der Waals surface area contributed by atoms with E-state index in [9.17, 15) is 9.59 Å². The highest BCUT2D eigenvalue weighted by molar-refractivity contribution is 7.12. The third-order valence-corrected chi connectivity index (χ3v) is 5.51. The standard InChI is InChI=1S/C24H16ClNO3S/c25-20-8-2-1-7-19(20)22-13-11-18(29-22)10-12-21(27)16-5-3-6-17(15-16)26-24(28)23-9-4-14-30-23/h1-15H,(H,26,28)/b12-10+. The first-order chi connectivity index (χ1) is 14.6. The Balaban J connectivity index is 1.46. The van der Waals surface area contributed by atoms with Crippen LogP contribution in [0.5, 0.6) is 0 Å². The highest BCUT2D eigenvalue weighted by Crippen LogP contribution is 2.29. The first-order valence-electron chi connectivity index (χ1n) is 9.12. The molecule has 30 heavy (non-hydrogen) atoms. The van der Waals surface area contributed by atoms with Crippen LogP contribution in [0.3, 0.4) is 0 Å². The molecule has 0 radical (unpaired) electrons. The van der Waals surface area contributed by atoms with Crippen molar-refractivity contribution in [2.75, 3.05) is 5.32 Å². The molecule has 2 aromatic heterocycles. The maximum atomic E-state index is 12.6. The van der Waals surface area contributed by atoms with Gasteiger partial charge in [-0.05, 0) is 60.0 Å². The number of furan rings is 1. The van der Waals surface area contributed by atoms with Crippen molar-refractivity contribution >= 4 is 46.4 Å². The maximum Gasteiger partial charge on any atom is 0.265 e. The van der Waals surface area contributed by atoms with E-state index in [0.717, 1.165) is 5.56 Å². The van der Waals surface area contributed by atoms with Crippen LogP contribution in [0.2, 0.25) is 5.02 Å². The van der Waals surface area contributed by atoms with Crippen LogP contribution in [0.25, 0.3) is 17.4 Å². The van der Waals surface area contributed by atoms with Gasteiger partial charge in [0.15, 0.2) is 5.78 Å². The number of amides is 1. The van der Waals surface area contributed by atoms with Crippen LogP contribution in [-0.4, -0.2) is 11.7 Å². The molecule has 2 heterocycles. The first-order valence-corrected chi connectivity index (χ1v) is 10.4. The van der Waals surface area contributed by atoms with Crippen molar-refractivity contribution in [1.82, 2.24) is 0 Å². The minimum Gasteiger partial charge on any atom is -0.457 e. The number of benzene rings is 2. The number of halogens is 1. The Morgan fingerprint density at radius 2 is 1.83 bits per heavy atom. The number of anilines is 1. The van der Waals surface area contributed by atoms with Crippen molar-refractivity contribution in [3.63, 3.8) is 0 Å². The van der Waals surface area contributed by atoms with Gasteiger partial charge in [-0.25, -0.2) is 0 Å². The number of nitrogens with one attached hydrogen (secondary N) is 1. The maximum absolute atomic E-state index is 12.6. The topological polar surface area (TPSA) is 59.3 Å². The second kappa shape index (κ2) is 8.95. The van der Waals surface area contributed by atoms with Gasteiger partial charge < -0.3 is 9.73 Å². The average molecular weight is 434 g/mol. The molecule has 0 aliphatic carbocycles. The lowest BCUT2D eigenvalue weighted by Gasteiger charge is -2.05. The predicted octanol–water partition coefficient (Wildman–Crippen LogP) is 6.81. The van der Waals surface area contributed by atoms with E-state index in [1.54, 1.807) is 48.5 Å². The summed E-state index contributed by atoms with van der Waals surface area (Å²) < 4.78 is 5.78. The van der Waals surface area contributed by atoms with Crippen LogP contribution in [0.4, 0.5) is 5.69 Å².